The number of nitrogens with zero attached hydrogens (tertiary/aromatic N) is 1. The average Bonchev–Trinajstić information content (AvgIpc) is 2.03. The van der Waals surface area contributed by atoms with Gasteiger partial charge in [0.1, 0.15) is 5.78 Å². The summed E-state index contributed by atoms with van der Waals surface area (Å²) in [6.45, 7) is 1.17. The van der Waals surface area contributed by atoms with Gasteiger partial charge in [0.05, 0.1) is 0 Å². The lowest BCUT2D eigenvalue weighted by molar-refractivity contribution is -0.121. The molecule has 1 aliphatic rings. The third kappa shape index (κ3) is 3.35. The molecule has 0 saturated heterocycles. The third-order valence-electron chi connectivity index (χ3n) is 2.65. The van der Waals surface area contributed by atoms with Crippen LogP contribution in [0.1, 0.15) is 32.1 Å². The van der Waals surface area contributed by atoms with Gasteiger partial charge in [0.2, 0.25) is 0 Å². The molecule has 70 valence electrons. The minimum atomic E-state index is 0.469. The lowest BCUT2D eigenvalue weighted by Gasteiger charge is -2.22. The second-order valence-corrected chi connectivity index (χ2v) is 4.07. The van der Waals surface area contributed by atoms with Gasteiger partial charge in [-0.3, -0.25) is 4.79 Å². The molecule has 12 heavy (non-hydrogen) atoms. The van der Waals surface area contributed by atoms with E-state index in [0.29, 0.717) is 5.78 Å². The van der Waals surface area contributed by atoms with Crippen LogP contribution in [0.25, 0.3) is 0 Å². The minimum absolute atomic E-state index is 0.469. The predicted octanol–water partition coefficient (Wildman–Crippen LogP) is 1.70. The summed E-state index contributed by atoms with van der Waals surface area (Å²) in [4.78, 5) is 13.2. The van der Waals surface area contributed by atoms with E-state index in [0.717, 1.165) is 31.6 Å². The van der Waals surface area contributed by atoms with Gasteiger partial charge in [-0.1, -0.05) is 0 Å². The summed E-state index contributed by atoms with van der Waals surface area (Å²) < 4.78 is 0. The van der Waals surface area contributed by atoms with Crippen molar-refractivity contribution in [2.24, 2.45) is 5.92 Å². The molecule has 1 fully saturated rings. The Balaban J connectivity index is 2.13. The molecule has 0 amide bonds. The molecule has 0 aliphatic heterocycles. The molecular weight excluding hydrogens is 150 g/mol. The van der Waals surface area contributed by atoms with E-state index in [1.54, 1.807) is 0 Å². The zero-order valence-electron chi connectivity index (χ0n) is 8.18. The van der Waals surface area contributed by atoms with Crippen LogP contribution in [0.15, 0.2) is 0 Å². The lowest BCUT2D eigenvalue weighted by Crippen LogP contribution is -2.20. The summed E-state index contributed by atoms with van der Waals surface area (Å²) in [5.41, 5.74) is 0. The number of Topliss-reactive ketones (excluding diaryl/α,β-unsaturated/α-hetero) is 1. The standard InChI is InChI=1S/C10H19NO/c1-11(2)8-7-9-3-5-10(12)6-4-9/h9H,3-8H2,1-2H3. The van der Waals surface area contributed by atoms with Gasteiger partial charge in [-0.05, 0) is 45.8 Å². The topological polar surface area (TPSA) is 20.3 Å². The zero-order valence-corrected chi connectivity index (χ0v) is 8.18. The van der Waals surface area contributed by atoms with Gasteiger partial charge in [0.25, 0.3) is 0 Å². The van der Waals surface area contributed by atoms with E-state index >= 15 is 0 Å². The smallest absolute Gasteiger partial charge is 0.132 e. The van der Waals surface area contributed by atoms with Crippen LogP contribution in [0, 0.1) is 5.92 Å². The fourth-order valence-electron chi connectivity index (χ4n) is 1.73. The van der Waals surface area contributed by atoms with E-state index in [2.05, 4.69) is 19.0 Å². The quantitative estimate of drug-likeness (QED) is 0.641. The summed E-state index contributed by atoms with van der Waals surface area (Å²) >= 11 is 0. The Morgan fingerprint density at radius 2 is 1.92 bits per heavy atom. The zero-order chi connectivity index (χ0) is 8.97. The van der Waals surface area contributed by atoms with Crippen molar-refractivity contribution < 1.29 is 4.79 Å². The highest BCUT2D eigenvalue weighted by Gasteiger charge is 2.17. The molecule has 0 unspecified atom stereocenters. The Morgan fingerprint density at radius 1 is 1.33 bits per heavy atom. The van der Waals surface area contributed by atoms with Gasteiger partial charge in [-0.15, -0.1) is 0 Å². The number of carbonyl (C=O) groups is 1. The SMILES string of the molecule is CN(C)CCC1CCC(=O)CC1. The molecule has 0 aromatic heterocycles. The normalized spacial score (nSPS) is 20.4. The Kier molecular flexibility index (Phi) is 3.73. The first kappa shape index (κ1) is 9.72. The van der Waals surface area contributed by atoms with Gasteiger partial charge >= 0.3 is 0 Å². The summed E-state index contributed by atoms with van der Waals surface area (Å²) in [6, 6.07) is 0. The van der Waals surface area contributed by atoms with Crippen molar-refractivity contribution in [1.82, 2.24) is 4.90 Å². The van der Waals surface area contributed by atoms with E-state index in [9.17, 15) is 4.79 Å². The number of carbonyl (C=O) groups excluding carboxylic acids is 1. The fraction of sp³-hybridized carbons (Fsp3) is 0.900. The van der Waals surface area contributed by atoms with Crippen LogP contribution in [0.5, 0.6) is 0 Å². The van der Waals surface area contributed by atoms with E-state index in [4.69, 9.17) is 0 Å². The average molecular weight is 169 g/mol. The summed E-state index contributed by atoms with van der Waals surface area (Å²) in [6.07, 6.45) is 5.19. The highest BCUT2D eigenvalue weighted by atomic mass is 16.1. The molecule has 0 radical (unpaired) electrons. The Hall–Kier alpha value is -0.370. The molecule has 1 saturated carbocycles. The Bertz CT molecular complexity index is 144. The first-order valence-electron chi connectivity index (χ1n) is 4.85. The maximum Gasteiger partial charge on any atom is 0.132 e. The summed E-state index contributed by atoms with van der Waals surface area (Å²) in [5.74, 6) is 1.28. The van der Waals surface area contributed by atoms with Crippen molar-refractivity contribution in [3.05, 3.63) is 0 Å². The molecule has 0 aromatic carbocycles. The molecule has 0 aromatic rings. The number of rotatable bonds is 3. The van der Waals surface area contributed by atoms with Gasteiger partial charge < -0.3 is 4.90 Å². The number of hydrogen-bond acceptors (Lipinski definition) is 2. The van der Waals surface area contributed by atoms with Crippen molar-refractivity contribution in [3.63, 3.8) is 0 Å². The highest BCUT2D eigenvalue weighted by Crippen LogP contribution is 2.24. The molecule has 2 nitrogen and oxygen atoms in total. The molecular formula is C10H19NO. The number of hydrogen-bond donors (Lipinski definition) is 0. The van der Waals surface area contributed by atoms with Crippen LogP contribution in [0.4, 0.5) is 0 Å². The first-order chi connectivity index (χ1) is 5.68. The van der Waals surface area contributed by atoms with Crippen molar-refractivity contribution >= 4 is 5.78 Å². The van der Waals surface area contributed by atoms with Crippen molar-refractivity contribution in [3.8, 4) is 0 Å². The van der Waals surface area contributed by atoms with Gasteiger partial charge in [0, 0.05) is 12.8 Å². The maximum absolute atomic E-state index is 10.9. The molecule has 1 rings (SSSR count). The van der Waals surface area contributed by atoms with E-state index in [1.807, 2.05) is 0 Å². The molecule has 0 atom stereocenters. The van der Waals surface area contributed by atoms with Crippen molar-refractivity contribution in [2.75, 3.05) is 20.6 Å². The summed E-state index contributed by atoms with van der Waals surface area (Å²) in [7, 11) is 4.21. The molecule has 0 heterocycles. The second kappa shape index (κ2) is 4.61. The minimum Gasteiger partial charge on any atom is -0.309 e. The van der Waals surface area contributed by atoms with Crippen LogP contribution in [0.3, 0.4) is 0 Å². The largest absolute Gasteiger partial charge is 0.309 e. The lowest BCUT2D eigenvalue weighted by atomic mass is 9.86. The monoisotopic (exact) mass is 169 g/mol. The molecule has 1 aliphatic carbocycles. The Labute approximate surface area is 74.9 Å². The van der Waals surface area contributed by atoms with Crippen LogP contribution in [-0.4, -0.2) is 31.3 Å². The molecule has 2 heteroatoms. The van der Waals surface area contributed by atoms with Gasteiger partial charge in [-0.2, -0.15) is 0 Å². The van der Waals surface area contributed by atoms with Crippen LogP contribution in [-0.2, 0) is 4.79 Å². The van der Waals surface area contributed by atoms with E-state index in [-0.39, 0.29) is 0 Å². The predicted molar refractivity (Wildman–Crippen MR) is 50.1 cm³/mol. The molecule has 0 bridgehead atoms. The van der Waals surface area contributed by atoms with Gasteiger partial charge in [-0.25, -0.2) is 0 Å². The van der Waals surface area contributed by atoms with Crippen LogP contribution >= 0.6 is 0 Å². The summed E-state index contributed by atoms with van der Waals surface area (Å²) in [5, 5.41) is 0. The van der Waals surface area contributed by atoms with E-state index < -0.39 is 0 Å². The highest BCUT2D eigenvalue weighted by molar-refractivity contribution is 5.78. The van der Waals surface area contributed by atoms with Crippen molar-refractivity contribution in [2.45, 2.75) is 32.1 Å². The van der Waals surface area contributed by atoms with Crippen LogP contribution in [0.2, 0.25) is 0 Å². The maximum atomic E-state index is 10.9. The van der Waals surface area contributed by atoms with Gasteiger partial charge in [0.15, 0.2) is 0 Å². The molecule has 0 N–H and O–H groups in total. The molecule has 0 spiro atoms. The van der Waals surface area contributed by atoms with Crippen molar-refractivity contribution in [1.29, 1.82) is 0 Å². The second-order valence-electron chi connectivity index (χ2n) is 4.07. The third-order valence-corrected chi connectivity index (χ3v) is 2.65. The fourth-order valence-corrected chi connectivity index (χ4v) is 1.73. The van der Waals surface area contributed by atoms with E-state index in [1.165, 1.54) is 13.0 Å². The number of ketones is 1. The first-order valence-corrected chi connectivity index (χ1v) is 4.85. The van der Waals surface area contributed by atoms with Crippen LogP contribution < -0.4 is 0 Å². The Morgan fingerprint density at radius 3 is 2.42 bits per heavy atom.